The van der Waals surface area contributed by atoms with E-state index < -0.39 is 19.3 Å². The van der Waals surface area contributed by atoms with Crippen molar-refractivity contribution in [1.29, 1.82) is 0 Å². The Hall–Kier alpha value is -1.57. The van der Waals surface area contributed by atoms with E-state index in [1.165, 1.54) is 6.42 Å². The van der Waals surface area contributed by atoms with E-state index in [1.54, 1.807) is 0 Å². The molecule has 0 aromatic heterocycles. The average Bonchev–Trinajstić information content (AvgIpc) is 2.99. The highest BCUT2D eigenvalue weighted by Gasteiger charge is 2.40. The zero-order chi connectivity index (χ0) is 28.3. The molecule has 3 aromatic carbocycles. The second-order valence-corrected chi connectivity index (χ2v) is 14.8. The van der Waals surface area contributed by atoms with Crippen molar-refractivity contribution >= 4 is 31.1 Å². The molecule has 1 aliphatic rings. The number of ether oxygens (including phenoxy) is 1. The summed E-state index contributed by atoms with van der Waals surface area (Å²) in [7, 11) is -3.37. The van der Waals surface area contributed by atoms with Crippen molar-refractivity contribution in [3.63, 3.8) is 0 Å². The zero-order valence-electron chi connectivity index (χ0n) is 23.4. The van der Waals surface area contributed by atoms with Gasteiger partial charge in [-0.25, -0.2) is 0 Å². The van der Waals surface area contributed by atoms with Crippen LogP contribution in [0, 0.1) is 5.92 Å². The molecule has 4 rings (SSSR count). The van der Waals surface area contributed by atoms with Gasteiger partial charge in [-0.2, -0.15) is 0 Å². The van der Waals surface area contributed by atoms with Gasteiger partial charge < -0.3 is 18.9 Å². The highest BCUT2D eigenvalue weighted by Crippen LogP contribution is 2.52. The predicted molar refractivity (Wildman–Crippen MR) is 168 cm³/mol. The van der Waals surface area contributed by atoms with Gasteiger partial charge >= 0.3 is 7.60 Å². The van der Waals surface area contributed by atoms with Crippen molar-refractivity contribution < 1.29 is 23.5 Å². The molecular formula is C32H41O5PS2. The van der Waals surface area contributed by atoms with Gasteiger partial charge in [0.15, 0.2) is 0 Å². The minimum absolute atomic E-state index is 0.0592. The van der Waals surface area contributed by atoms with Gasteiger partial charge in [-0.15, -0.1) is 23.5 Å². The van der Waals surface area contributed by atoms with E-state index in [0.717, 1.165) is 28.2 Å². The lowest BCUT2D eigenvalue weighted by Gasteiger charge is -2.38. The molecule has 8 heteroatoms. The van der Waals surface area contributed by atoms with Crippen molar-refractivity contribution in [2.45, 2.75) is 43.0 Å². The lowest BCUT2D eigenvalue weighted by atomic mass is 9.80. The van der Waals surface area contributed by atoms with Crippen LogP contribution in [0.5, 0.6) is 0 Å². The van der Waals surface area contributed by atoms with Gasteiger partial charge in [-0.05, 0) is 54.9 Å². The van der Waals surface area contributed by atoms with E-state index in [2.05, 4.69) is 36.4 Å². The lowest BCUT2D eigenvalue weighted by Crippen LogP contribution is -2.39. The standard InChI is InChI=1S/C32H41O5PS2/c1-3-36-38(34,37-4-2)25-26(23-31-39-21-14-22-40-31)30(33)24-35-32(27-15-8-5-9-16-27,28-17-10-6-11-18-28)29-19-12-7-13-20-29/h5-13,15-20,26,30-31,33H,3-4,14,21-25H2,1-2H3/t26-,30-/m1/s1. The van der Waals surface area contributed by atoms with Crippen molar-refractivity contribution in [2.75, 3.05) is 37.5 Å². The molecule has 1 fully saturated rings. The van der Waals surface area contributed by atoms with E-state index >= 15 is 0 Å². The van der Waals surface area contributed by atoms with Crippen LogP contribution in [0.3, 0.4) is 0 Å². The van der Waals surface area contributed by atoms with Crippen LogP contribution in [-0.4, -0.2) is 53.3 Å². The average molecular weight is 601 g/mol. The number of aliphatic hydroxyl groups is 1. The smallest absolute Gasteiger partial charge is 0.331 e. The first-order valence-electron chi connectivity index (χ1n) is 14.1. The van der Waals surface area contributed by atoms with Crippen LogP contribution < -0.4 is 0 Å². The van der Waals surface area contributed by atoms with Crippen molar-refractivity contribution in [1.82, 2.24) is 0 Å². The summed E-state index contributed by atoms with van der Waals surface area (Å²) in [5, 5.41) is 11.8. The fourth-order valence-corrected chi connectivity index (χ4v) is 10.3. The Morgan fingerprint density at radius 2 is 1.27 bits per heavy atom. The molecule has 0 spiro atoms. The van der Waals surface area contributed by atoms with E-state index in [-0.39, 0.29) is 18.7 Å². The maximum Gasteiger partial charge on any atom is 0.331 e. The molecule has 0 radical (unpaired) electrons. The van der Waals surface area contributed by atoms with Crippen molar-refractivity contribution in [3.05, 3.63) is 108 Å². The van der Waals surface area contributed by atoms with Crippen LogP contribution in [0.15, 0.2) is 91.0 Å². The predicted octanol–water partition coefficient (Wildman–Crippen LogP) is 7.82. The maximum atomic E-state index is 13.6. The Morgan fingerprint density at radius 1 is 0.825 bits per heavy atom. The third kappa shape index (κ3) is 8.04. The zero-order valence-corrected chi connectivity index (χ0v) is 25.9. The van der Waals surface area contributed by atoms with E-state index in [9.17, 15) is 9.67 Å². The van der Waals surface area contributed by atoms with Crippen molar-refractivity contribution in [2.24, 2.45) is 5.92 Å². The Kier molecular flexibility index (Phi) is 12.2. The minimum atomic E-state index is -3.37. The monoisotopic (exact) mass is 600 g/mol. The number of benzene rings is 3. The van der Waals surface area contributed by atoms with Crippen LogP contribution in [0.25, 0.3) is 0 Å². The quantitative estimate of drug-likeness (QED) is 0.141. The highest BCUT2D eigenvalue weighted by atomic mass is 32.2. The normalized spacial score (nSPS) is 16.5. The van der Waals surface area contributed by atoms with Gasteiger partial charge in [0, 0.05) is 5.92 Å². The molecule has 0 aliphatic carbocycles. The van der Waals surface area contributed by atoms with Crippen LogP contribution in [-0.2, 0) is 24.0 Å². The van der Waals surface area contributed by atoms with Gasteiger partial charge in [0.25, 0.3) is 0 Å². The molecule has 3 aromatic rings. The molecule has 0 unspecified atom stereocenters. The number of rotatable bonds is 15. The Labute approximate surface area is 247 Å². The number of hydrogen-bond donors (Lipinski definition) is 1. The Bertz CT molecular complexity index is 1070. The second kappa shape index (κ2) is 15.6. The summed E-state index contributed by atoms with van der Waals surface area (Å²) in [6.45, 7) is 4.29. The molecule has 1 N–H and O–H groups in total. The molecule has 1 heterocycles. The summed E-state index contributed by atoms with van der Waals surface area (Å²) in [6, 6.07) is 30.4. The van der Waals surface area contributed by atoms with Gasteiger partial charge in [0.2, 0.25) is 0 Å². The van der Waals surface area contributed by atoms with Gasteiger partial charge in [-0.3, -0.25) is 4.57 Å². The molecule has 0 saturated carbocycles. The van der Waals surface area contributed by atoms with Gasteiger partial charge in [0.05, 0.1) is 36.7 Å². The Morgan fingerprint density at radius 3 is 1.70 bits per heavy atom. The fraction of sp³-hybridized carbons (Fsp3) is 0.438. The topological polar surface area (TPSA) is 65.0 Å². The van der Waals surface area contributed by atoms with Crippen LogP contribution in [0.1, 0.15) is 43.4 Å². The third-order valence-corrected chi connectivity index (χ3v) is 12.3. The minimum Gasteiger partial charge on any atom is -0.390 e. The molecular weight excluding hydrogens is 559 g/mol. The molecule has 0 amide bonds. The first-order chi connectivity index (χ1) is 19.5. The Balaban J connectivity index is 1.68. The summed E-state index contributed by atoms with van der Waals surface area (Å²) in [4.78, 5) is 0. The highest BCUT2D eigenvalue weighted by molar-refractivity contribution is 8.17. The summed E-state index contributed by atoms with van der Waals surface area (Å²) < 4.78 is 32.2. The lowest BCUT2D eigenvalue weighted by molar-refractivity contribution is -0.0539. The number of thioether (sulfide) groups is 2. The third-order valence-electron chi connectivity index (χ3n) is 7.06. The van der Waals surface area contributed by atoms with Crippen LogP contribution in [0.2, 0.25) is 0 Å². The largest absolute Gasteiger partial charge is 0.390 e. The SMILES string of the molecule is CCOP(=O)(C[C@@H](CC1SCCCS1)[C@H](O)COC(c1ccccc1)(c1ccccc1)c1ccccc1)OCC. The molecule has 2 atom stereocenters. The second-order valence-electron chi connectivity index (χ2n) is 9.81. The van der Waals surface area contributed by atoms with Crippen LogP contribution in [0.4, 0.5) is 0 Å². The molecule has 5 nitrogen and oxygen atoms in total. The molecule has 1 saturated heterocycles. The first-order valence-corrected chi connectivity index (χ1v) is 17.9. The summed E-state index contributed by atoms with van der Waals surface area (Å²) in [6.07, 6.45) is 1.19. The maximum absolute atomic E-state index is 13.6. The summed E-state index contributed by atoms with van der Waals surface area (Å²) in [5.74, 6) is 1.89. The molecule has 40 heavy (non-hydrogen) atoms. The number of aliphatic hydroxyl groups excluding tert-OH is 1. The van der Waals surface area contributed by atoms with E-state index in [4.69, 9.17) is 13.8 Å². The molecule has 0 bridgehead atoms. The van der Waals surface area contributed by atoms with Crippen LogP contribution >= 0.6 is 31.1 Å². The van der Waals surface area contributed by atoms with Gasteiger partial charge in [0.1, 0.15) is 5.60 Å². The molecule has 1 aliphatic heterocycles. The molecule has 216 valence electrons. The van der Waals surface area contributed by atoms with Crippen molar-refractivity contribution in [3.8, 4) is 0 Å². The van der Waals surface area contributed by atoms with E-state index in [0.29, 0.717) is 24.2 Å². The number of hydrogen-bond acceptors (Lipinski definition) is 7. The summed E-state index contributed by atoms with van der Waals surface area (Å²) in [5.41, 5.74) is 1.99. The fourth-order valence-electron chi connectivity index (χ4n) is 5.21. The first kappa shape index (κ1) is 31.4. The van der Waals surface area contributed by atoms with Gasteiger partial charge in [-0.1, -0.05) is 91.0 Å². The summed E-state index contributed by atoms with van der Waals surface area (Å²) >= 11 is 3.83. The van der Waals surface area contributed by atoms with E-state index in [1.807, 2.05) is 92.0 Å².